The van der Waals surface area contributed by atoms with E-state index in [1.165, 1.54) is 23.8 Å². The Bertz CT molecular complexity index is 1910. The fourth-order valence-corrected chi connectivity index (χ4v) is 9.22. The van der Waals surface area contributed by atoms with E-state index < -0.39 is 22.9 Å². The highest BCUT2D eigenvalue weighted by molar-refractivity contribution is 7.22. The number of aliphatic hydroxyl groups is 1. The Balaban J connectivity index is 1.38. The van der Waals surface area contributed by atoms with Gasteiger partial charge in [0.05, 0.1) is 55.5 Å². The Morgan fingerprint density at radius 1 is 1.12 bits per heavy atom. The van der Waals surface area contributed by atoms with Gasteiger partial charge in [-0.15, -0.1) is 11.3 Å². The number of methoxy groups -OCH3 is 1. The number of hydrogen-bond acceptors (Lipinski definition) is 10. The monoisotopic (exact) mass is 678 g/mol. The molecule has 3 fully saturated rings. The zero-order chi connectivity index (χ0) is 33.7. The number of thiophene rings is 1. The summed E-state index contributed by atoms with van der Waals surface area (Å²) >= 11 is 1.26. The van der Waals surface area contributed by atoms with Gasteiger partial charge in [0.25, 0.3) is 5.56 Å². The molecule has 0 bridgehead atoms. The fraction of sp³-hybridized carbons (Fsp3) is 0.543. The zero-order valence-corrected chi connectivity index (χ0v) is 28.5. The normalized spacial score (nSPS) is 23.5. The highest BCUT2D eigenvalue weighted by Gasteiger charge is 2.43. The maximum absolute atomic E-state index is 14.8. The van der Waals surface area contributed by atoms with Gasteiger partial charge in [-0.05, 0) is 69.9 Å². The van der Waals surface area contributed by atoms with Crippen molar-refractivity contribution in [3.63, 3.8) is 0 Å². The van der Waals surface area contributed by atoms with Crippen LogP contribution in [-0.2, 0) is 26.4 Å². The Morgan fingerprint density at radius 3 is 2.50 bits per heavy atom. The molecule has 1 aliphatic heterocycles. The second kappa shape index (κ2) is 12.9. The van der Waals surface area contributed by atoms with Crippen LogP contribution in [0.15, 0.2) is 50.7 Å². The summed E-state index contributed by atoms with van der Waals surface area (Å²) in [5, 5.41) is 10.6. The number of oxazole rings is 1. The van der Waals surface area contributed by atoms with Gasteiger partial charge in [0.1, 0.15) is 28.5 Å². The molecule has 1 aromatic carbocycles. The molecule has 2 aliphatic carbocycles. The molecule has 4 aromatic rings. The Kier molecular flexibility index (Phi) is 8.82. The SMILES string of the molecule is COc1ccccc1C(Cn1c(=O)n(C(C)(C)C(=O)N2CCOCC2)c(=O)c2c(C)c(-c3ncco3)sc21)O[C@H]1C[C@H]2C[C@@H](O)C[C@H]2C1. The minimum atomic E-state index is -1.50. The van der Waals surface area contributed by atoms with E-state index in [2.05, 4.69) is 4.98 Å². The number of aliphatic hydroxyl groups excluding tert-OH is 1. The quantitative estimate of drug-likeness (QED) is 0.277. The molecule has 48 heavy (non-hydrogen) atoms. The number of para-hydroxylation sites is 1. The van der Waals surface area contributed by atoms with Crippen molar-refractivity contribution < 1.29 is 28.5 Å². The molecule has 3 aliphatic rings. The summed E-state index contributed by atoms with van der Waals surface area (Å²) in [4.78, 5) is 50.3. The molecule has 3 aromatic heterocycles. The van der Waals surface area contributed by atoms with E-state index >= 15 is 0 Å². The average Bonchev–Trinajstić information content (AvgIpc) is 3.87. The molecule has 256 valence electrons. The molecule has 1 amide bonds. The molecule has 1 N–H and O–H groups in total. The van der Waals surface area contributed by atoms with Gasteiger partial charge in [0, 0.05) is 18.7 Å². The van der Waals surface area contributed by atoms with Crippen molar-refractivity contribution in [2.75, 3.05) is 33.4 Å². The maximum Gasteiger partial charge on any atom is 0.333 e. The molecule has 0 radical (unpaired) electrons. The van der Waals surface area contributed by atoms with Gasteiger partial charge < -0.3 is 28.6 Å². The highest BCUT2D eigenvalue weighted by atomic mass is 32.1. The van der Waals surface area contributed by atoms with Gasteiger partial charge in [0.15, 0.2) is 0 Å². The number of hydrogen-bond donors (Lipinski definition) is 1. The van der Waals surface area contributed by atoms with Crippen molar-refractivity contribution in [1.82, 2.24) is 19.0 Å². The Hall–Kier alpha value is -3.78. The summed E-state index contributed by atoms with van der Waals surface area (Å²) in [6.07, 6.45) is 5.25. The number of carbonyl (C=O) groups is 1. The number of ether oxygens (including phenoxy) is 3. The number of morpholine rings is 1. The lowest BCUT2D eigenvalue weighted by atomic mass is 10.0. The van der Waals surface area contributed by atoms with E-state index in [1.807, 2.05) is 31.2 Å². The average molecular weight is 679 g/mol. The number of carbonyl (C=O) groups excluding carboxylic acids is 1. The first-order valence-electron chi connectivity index (χ1n) is 16.6. The third-order valence-corrected chi connectivity index (χ3v) is 11.7. The Labute approximate surface area is 281 Å². The van der Waals surface area contributed by atoms with E-state index in [4.69, 9.17) is 18.6 Å². The van der Waals surface area contributed by atoms with Crippen molar-refractivity contribution in [2.24, 2.45) is 11.8 Å². The fourth-order valence-electron chi connectivity index (χ4n) is 7.97. The summed E-state index contributed by atoms with van der Waals surface area (Å²) in [7, 11) is 1.60. The number of aryl methyl sites for hydroxylation is 1. The third kappa shape index (κ3) is 5.70. The standard InChI is InChI=1S/C35H42N4O8S/c1-20-28-31(41)39(35(2,3)33(42)37-10-13-45-14-11-37)34(43)38(32(28)48-29(20)30-36-9-12-46-30)19-27(25-7-5-6-8-26(25)44-4)47-24-17-21-15-23(40)16-22(21)18-24/h5-9,12,21-24,27,40H,10-11,13-19H2,1-4H3/t21-,22+,23-,24+,27?. The predicted octanol–water partition coefficient (Wildman–Crippen LogP) is 4.10. The van der Waals surface area contributed by atoms with E-state index in [-0.39, 0.29) is 24.7 Å². The van der Waals surface area contributed by atoms with Crippen molar-refractivity contribution in [2.45, 2.75) is 76.9 Å². The van der Waals surface area contributed by atoms with Crippen LogP contribution in [0.3, 0.4) is 0 Å². The maximum atomic E-state index is 14.8. The topological polar surface area (TPSA) is 138 Å². The minimum absolute atomic E-state index is 0.0667. The van der Waals surface area contributed by atoms with Crippen LogP contribution in [0.2, 0.25) is 0 Å². The van der Waals surface area contributed by atoms with Crippen molar-refractivity contribution >= 4 is 27.5 Å². The number of amides is 1. The van der Waals surface area contributed by atoms with Crippen LogP contribution in [0, 0.1) is 18.8 Å². The number of fused-ring (bicyclic) bond motifs is 2. The molecule has 4 heterocycles. The van der Waals surface area contributed by atoms with Crippen molar-refractivity contribution in [1.29, 1.82) is 0 Å². The lowest BCUT2D eigenvalue weighted by molar-refractivity contribution is -0.143. The lowest BCUT2D eigenvalue weighted by Gasteiger charge is -2.35. The summed E-state index contributed by atoms with van der Waals surface area (Å²) in [6.45, 7) is 6.67. The van der Waals surface area contributed by atoms with Crippen LogP contribution in [-0.4, -0.2) is 75.7 Å². The second-order valence-electron chi connectivity index (χ2n) is 13.7. The van der Waals surface area contributed by atoms with Crippen LogP contribution in [0.1, 0.15) is 56.8 Å². The first-order chi connectivity index (χ1) is 23.1. The molecular formula is C35H42N4O8S. The first kappa shape index (κ1) is 32.8. The van der Waals surface area contributed by atoms with Gasteiger partial charge in [0.2, 0.25) is 11.8 Å². The van der Waals surface area contributed by atoms with Crippen LogP contribution >= 0.6 is 11.3 Å². The zero-order valence-electron chi connectivity index (χ0n) is 27.7. The highest BCUT2D eigenvalue weighted by Crippen LogP contribution is 2.47. The molecule has 5 atom stereocenters. The van der Waals surface area contributed by atoms with Crippen molar-refractivity contribution in [3.05, 3.63) is 68.7 Å². The Morgan fingerprint density at radius 2 is 1.83 bits per heavy atom. The summed E-state index contributed by atoms with van der Waals surface area (Å²) < 4.78 is 26.4. The van der Waals surface area contributed by atoms with Gasteiger partial charge in [-0.1, -0.05) is 18.2 Å². The van der Waals surface area contributed by atoms with E-state index in [0.717, 1.165) is 35.8 Å². The lowest BCUT2D eigenvalue weighted by Crippen LogP contribution is -2.58. The number of nitrogens with zero attached hydrogens (tertiary/aromatic N) is 4. The molecule has 7 rings (SSSR count). The summed E-state index contributed by atoms with van der Waals surface area (Å²) in [5.41, 5.74) is -1.24. The molecule has 1 unspecified atom stereocenters. The van der Waals surface area contributed by atoms with Gasteiger partial charge >= 0.3 is 5.69 Å². The van der Waals surface area contributed by atoms with Crippen LogP contribution < -0.4 is 16.0 Å². The van der Waals surface area contributed by atoms with Crippen LogP contribution in [0.25, 0.3) is 21.0 Å². The first-order valence-corrected chi connectivity index (χ1v) is 17.4. The second-order valence-corrected chi connectivity index (χ2v) is 14.7. The molecule has 2 saturated carbocycles. The minimum Gasteiger partial charge on any atom is -0.496 e. The van der Waals surface area contributed by atoms with E-state index in [0.29, 0.717) is 70.4 Å². The van der Waals surface area contributed by atoms with E-state index in [1.54, 1.807) is 30.4 Å². The van der Waals surface area contributed by atoms with Crippen molar-refractivity contribution in [3.8, 4) is 16.5 Å². The summed E-state index contributed by atoms with van der Waals surface area (Å²) in [5.74, 6) is 1.44. The predicted molar refractivity (Wildman–Crippen MR) is 179 cm³/mol. The molecular weight excluding hydrogens is 636 g/mol. The van der Waals surface area contributed by atoms with Gasteiger partial charge in [-0.2, -0.15) is 0 Å². The third-order valence-electron chi connectivity index (χ3n) is 10.4. The molecule has 12 nitrogen and oxygen atoms in total. The molecule has 0 spiro atoms. The largest absolute Gasteiger partial charge is 0.496 e. The smallest absolute Gasteiger partial charge is 0.333 e. The van der Waals surface area contributed by atoms with Crippen LogP contribution in [0.4, 0.5) is 0 Å². The number of rotatable bonds is 9. The molecule has 1 saturated heterocycles. The summed E-state index contributed by atoms with van der Waals surface area (Å²) in [6, 6.07) is 7.60. The van der Waals surface area contributed by atoms with Gasteiger partial charge in [-0.25, -0.2) is 14.3 Å². The van der Waals surface area contributed by atoms with E-state index in [9.17, 15) is 19.5 Å². The van der Waals surface area contributed by atoms with Gasteiger partial charge in [-0.3, -0.25) is 14.2 Å². The molecule has 13 heteroatoms. The number of aromatic nitrogens is 3. The van der Waals surface area contributed by atoms with Crippen LogP contribution in [0.5, 0.6) is 5.75 Å². The number of benzene rings is 1.